The summed E-state index contributed by atoms with van der Waals surface area (Å²) in [7, 11) is 0. The van der Waals surface area contributed by atoms with Crippen molar-refractivity contribution in [2.45, 2.75) is 0 Å². The van der Waals surface area contributed by atoms with Gasteiger partial charge in [0.1, 0.15) is 11.6 Å². The van der Waals surface area contributed by atoms with Crippen LogP contribution in [-0.4, -0.2) is 15.7 Å². The zero-order valence-electron chi connectivity index (χ0n) is 13.6. The molecule has 26 heavy (non-hydrogen) atoms. The Morgan fingerprint density at radius 3 is 2.54 bits per heavy atom. The van der Waals surface area contributed by atoms with Crippen LogP contribution in [0.5, 0.6) is 0 Å². The second-order valence-corrected chi connectivity index (χ2v) is 5.63. The monoisotopic (exact) mass is 347 g/mol. The molecule has 0 spiro atoms. The molecule has 0 saturated heterocycles. The average molecular weight is 347 g/mol. The fraction of sp³-hybridized carbons (Fsp3) is 0. The van der Waals surface area contributed by atoms with E-state index in [2.05, 4.69) is 10.4 Å². The number of rotatable bonds is 4. The van der Waals surface area contributed by atoms with Gasteiger partial charge in [-0.15, -0.1) is 0 Å². The average Bonchev–Trinajstić information content (AvgIpc) is 3.33. The van der Waals surface area contributed by atoms with E-state index in [9.17, 15) is 9.18 Å². The molecule has 0 aliphatic rings. The molecule has 0 bridgehead atoms. The number of carbonyl (C=O) groups is 1. The van der Waals surface area contributed by atoms with E-state index < -0.39 is 0 Å². The number of halogens is 1. The Hall–Kier alpha value is -3.67. The van der Waals surface area contributed by atoms with Crippen molar-refractivity contribution in [1.29, 1.82) is 0 Å². The van der Waals surface area contributed by atoms with Crippen molar-refractivity contribution in [2.75, 3.05) is 5.32 Å². The lowest BCUT2D eigenvalue weighted by Crippen LogP contribution is -2.10. The predicted octanol–water partition coefficient (Wildman–Crippen LogP) is 4.52. The highest BCUT2D eigenvalue weighted by Crippen LogP contribution is 2.23. The van der Waals surface area contributed by atoms with Gasteiger partial charge in [0.25, 0.3) is 5.91 Å². The van der Waals surface area contributed by atoms with Crippen molar-refractivity contribution < 1.29 is 13.6 Å². The van der Waals surface area contributed by atoms with Crippen LogP contribution in [0.4, 0.5) is 10.1 Å². The molecule has 0 saturated carbocycles. The van der Waals surface area contributed by atoms with Crippen LogP contribution in [-0.2, 0) is 0 Å². The number of anilines is 1. The van der Waals surface area contributed by atoms with Crippen LogP contribution < -0.4 is 5.32 Å². The lowest BCUT2D eigenvalue weighted by atomic mass is 10.2. The minimum absolute atomic E-state index is 0.164. The minimum atomic E-state index is -0.383. The van der Waals surface area contributed by atoms with E-state index >= 15 is 0 Å². The molecule has 1 N–H and O–H groups in total. The van der Waals surface area contributed by atoms with Crippen molar-refractivity contribution in [3.05, 3.63) is 90.7 Å². The highest BCUT2D eigenvalue weighted by Gasteiger charge is 2.13. The Kier molecular flexibility index (Phi) is 4.07. The number of aromatic nitrogens is 2. The van der Waals surface area contributed by atoms with Crippen LogP contribution in [0.2, 0.25) is 0 Å². The Morgan fingerprint density at radius 2 is 1.77 bits per heavy atom. The Labute approximate surface area is 148 Å². The zero-order chi connectivity index (χ0) is 17.9. The van der Waals surface area contributed by atoms with Gasteiger partial charge in [-0.3, -0.25) is 4.79 Å². The molecule has 0 aliphatic carbocycles. The first-order chi connectivity index (χ1) is 12.7. The van der Waals surface area contributed by atoms with Gasteiger partial charge >= 0.3 is 0 Å². The number of benzene rings is 2. The number of nitrogens with zero attached hydrogens (tertiary/aromatic N) is 2. The molecule has 0 radical (unpaired) electrons. The van der Waals surface area contributed by atoms with Gasteiger partial charge in [0.15, 0.2) is 5.76 Å². The van der Waals surface area contributed by atoms with Gasteiger partial charge in [0, 0.05) is 5.56 Å². The number of carbonyl (C=O) groups excluding carboxylic acids is 1. The lowest BCUT2D eigenvalue weighted by molar-refractivity contribution is 0.0997. The molecule has 2 heterocycles. The van der Waals surface area contributed by atoms with Gasteiger partial charge in [-0.05, 0) is 48.5 Å². The van der Waals surface area contributed by atoms with E-state index in [-0.39, 0.29) is 17.5 Å². The third-order valence-electron chi connectivity index (χ3n) is 3.82. The van der Waals surface area contributed by atoms with Crippen LogP contribution in [0.1, 0.15) is 10.6 Å². The smallest absolute Gasteiger partial charge is 0.291 e. The van der Waals surface area contributed by atoms with Crippen LogP contribution in [0.25, 0.3) is 17.0 Å². The van der Waals surface area contributed by atoms with Crippen molar-refractivity contribution in [1.82, 2.24) is 9.78 Å². The van der Waals surface area contributed by atoms with Crippen molar-refractivity contribution >= 4 is 11.6 Å². The lowest BCUT2D eigenvalue weighted by Gasteiger charge is -2.01. The third-order valence-corrected chi connectivity index (χ3v) is 3.82. The summed E-state index contributed by atoms with van der Waals surface area (Å²) in [5.74, 6) is -0.0495. The summed E-state index contributed by atoms with van der Waals surface area (Å²) in [6, 6.07) is 18.7. The predicted molar refractivity (Wildman–Crippen MR) is 95.6 cm³/mol. The fourth-order valence-electron chi connectivity index (χ4n) is 2.53. The Balaban J connectivity index is 1.49. The van der Waals surface area contributed by atoms with E-state index in [4.69, 9.17) is 4.42 Å². The number of amides is 1. The van der Waals surface area contributed by atoms with E-state index in [0.717, 1.165) is 5.69 Å². The molecule has 0 fully saturated rings. The molecule has 0 aliphatic heterocycles. The first-order valence-corrected chi connectivity index (χ1v) is 7.96. The first-order valence-electron chi connectivity index (χ1n) is 7.96. The molecule has 4 aromatic rings. The van der Waals surface area contributed by atoms with Crippen LogP contribution >= 0.6 is 0 Å². The largest absolute Gasteiger partial charge is 0.451 e. The highest BCUT2D eigenvalue weighted by atomic mass is 19.1. The molecule has 0 unspecified atom stereocenters. The van der Waals surface area contributed by atoms with Gasteiger partial charge in [-0.1, -0.05) is 18.2 Å². The maximum Gasteiger partial charge on any atom is 0.291 e. The molecule has 4 rings (SSSR count). The van der Waals surface area contributed by atoms with Crippen molar-refractivity contribution in [2.24, 2.45) is 0 Å². The molecule has 2 aromatic carbocycles. The quantitative estimate of drug-likeness (QED) is 0.590. The van der Waals surface area contributed by atoms with Gasteiger partial charge in [0.2, 0.25) is 0 Å². The topological polar surface area (TPSA) is 60.1 Å². The third kappa shape index (κ3) is 3.25. The summed E-state index contributed by atoms with van der Waals surface area (Å²) < 4.78 is 20.2. The molecule has 128 valence electrons. The Bertz CT molecular complexity index is 1040. The maximum atomic E-state index is 13.0. The summed E-state index contributed by atoms with van der Waals surface area (Å²) in [5, 5.41) is 6.98. The molecule has 0 atom stereocenters. The van der Waals surface area contributed by atoms with E-state index in [1.54, 1.807) is 41.3 Å². The normalized spacial score (nSPS) is 10.7. The molecule has 6 heteroatoms. The van der Waals surface area contributed by atoms with Gasteiger partial charge in [-0.25, -0.2) is 9.07 Å². The van der Waals surface area contributed by atoms with Gasteiger partial charge in [0.05, 0.1) is 23.8 Å². The van der Waals surface area contributed by atoms with Crippen molar-refractivity contribution in [3.8, 4) is 17.0 Å². The van der Waals surface area contributed by atoms with Crippen LogP contribution in [0.3, 0.4) is 0 Å². The second kappa shape index (κ2) is 6.68. The van der Waals surface area contributed by atoms with E-state index in [1.165, 1.54) is 12.1 Å². The molecule has 2 aromatic heterocycles. The molecule has 1 amide bonds. The van der Waals surface area contributed by atoms with Gasteiger partial charge < -0.3 is 9.73 Å². The Morgan fingerprint density at radius 1 is 1.00 bits per heavy atom. The van der Waals surface area contributed by atoms with Gasteiger partial charge in [-0.2, -0.15) is 5.10 Å². The SMILES string of the molecule is O=C(Nc1cnn(-c2ccccc2)c1)c1ccc(-c2ccc(F)cc2)o1. The van der Waals surface area contributed by atoms with Crippen molar-refractivity contribution in [3.63, 3.8) is 0 Å². The van der Waals surface area contributed by atoms with Crippen LogP contribution in [0, 0.1) is 5.82 Å². The van der Waals surface area contributed by atoms with E-state index in [1.807, 2.05) is 30.3 Å². The van der Waals surface area contributed by atoms with E-state index in [0.29, 0.717) is 17.0 Å². The number of hydrogen-bond donors (Lipinski definition) is 1. The summed E-state index contributed by atoms with van der Waals surface area (Å²) in [6.45, 7) is 0. The number of furan rings is 1. The standard InChI is InChI=1S/C20H14FN3O2/c21-15-8-6-14(7-9-15)18-10-11-19(26-18)20(25)23-16-12-22-24(13-16)17-4-2-1-3-5-17/h1-13H,(H,23,25). The molecular formula is C20H14FN3O2. The van der Waals surface area contributed by atoms with Crippen LogP contribution in [0.15, 0.2) is 83.5 Å². The second-order valence-electron chi connectivity index (χ2n) is 5.63. The maximum absolute atomic E-state index is 13.0. The zero-order valence-corrected chi connectivity index (χ0v) is 13.6. The summed E-state index contributed by atoms with van der Waals surface area (Å²) in [6.07, 6.45) is 3.28. The fourth-order valence-corrected chi connectivity index (χ4v) is 2.53. The molecular weight excluding hydrogens is 333 g/mol. The summed E-state index contributed by atoms with van der Waals surface area (Å²) in [5.41, 5.74) is 2.14. The highest BCUT2D eigenvalue weighted by molar-refractivity contribution is 6.02. The number of hydrogen-bond acceptors (Lipinski definition) is 3. The molecule has 5 nitrogen and oxygen atoms in total. The first kappa shape index (κ1) is 15.8. The minimum Gasteiger partial charge on any atom is -0.451 e. The summed E-state index contributed by atoms with van der Waals surface area (Å²) in [4.78, 5) is 12.4. The summed E-state index contributed by atoms with van der Waals surface area (Å²) >= 11 is 0. The number of para-hydroxylation sites is 1. The number of nitrogens with one attached hydrogen (secondary N) is 1.